The second-order valence-electron chi connectivity index (χ2n) is 6.53. The number of para-hydroxylation sites is 2. The number of ether oxygens (including phenoxy) is 1. The molecule has 6 heteroatoms. The zero-order valence-corrected chi connectivity index (χ0v) is 16.5. The summed E-state index contributed by atoms with van der Waals surface area (Å²) in [5.41, 5.74) is 2.29. The standard InChI is InChI=1S/C22H22ClN3O2/c1-15(2)28-20-6-4-3-5-19(20)26-21-13-17(11-12-24-21)22(27)25-14-16-7-9-18(23)10-8-16/h3-13,15H,14H2,1-2H3,(H,24,26)(H,25,27). The molecule has 2 N–H and O–H groups in total. The van der Waals surface area contributed by atoms with Crippen LogP contribution in [0.2, 0.25) is 5.02 Å². The first kappa shape index (κ1) is 19.7. The van der Waals surface area contributed by atoms with Gasteiger partial charge in [0.2, 0.25) is 0 Å². The number of carbonyl (C=O) groups excluding carboxylic acids is 1. The third-order valence-electron chi connectivity index (χ3n) is 3.90. The van der Waals surface area contributed by atoms with Gasteiger partial charge in [0.15, 0.2) is 0 Å². The third kappa shape index (κ3) is 5.47. The molecule has 0 spiro atoms. The van der Waals surface area contributed by atoms with Crippen molar-refractivity contribution in [3.63, 3.8) is 0 Å². The van der Waals surface area contributed by atoms with Crippen LogP contribution in [-0.2, 0) is 6.54 Å². The fourth-order valence-corrected chi connectivity index (χ4v) is 2.72. The number of nitrogens with one attached hydrogen (secondary N) is 2. The Bertz CT molecular complexity index is 943. The highest BCUT2D eigenvalue weighted by Crippen LogP contribution is 2.27. The third-order valence-corrected chi connectivity index (χ3v) is 4.15. The number of nitrogens with zero attached hydrogens (tertiary/aromatic N) is 1. The molecule has 5 nitrogen and oxygen atoms in total. The van der Waals surface area contributed by atoms with E-state index in [1.165, 1.54) is 0 Å². The monoisotopic (exact) mass is 395 g/mol. The molecule has 28 heavy (non-hydrogen) atoms. The van der Waals surface area contributed by atoms with E-state index in [4.69, 9.17) is 16.3 Å². The smallest absolute Gasteiger partial charge is 0.251 e. The van der Waals surface area contributed by atoms with E-state index in [1.54, 1.807) is 30.5 Å². The molecule has 1 amide bonds. The highest BCUT2D eigenvalue weighted by molar-refractivity contribution is 6.30. The lowest BCUT2D eigenvalue weighted by atomic mass is 10.2. The van der Waals surface area contributed by atoms with Crippen LogP contribution in [0.15, 0.2) is 66.9 Å². The van der Waals surface area contributed by atoms with Crippen molar-refractivity contribution >= 4 is 29.0 Å². The summed E-state index contributed by atoms with van der Waals surface area (Å²) >= 11 is 5.88. The van der Waals surface area contributed by atoms with Crippen LogP contribution in [0.4, 0.5) is 11.5 Å². The van der Waals surface area contributed by atoms with Crippen LogP contribution in [-0.4, -0.2) is 17.0 Å². The summed E-state index contributed by atoms with van der Waals surface area (Å²) in [5, 5.41) is 6.79. The van der Waals surface area contributed by atoms with E-state index in [2.05, 4.69) is 15.6 Å². The average molecular weight is 396 g/mol. The van der Waals surface area contributed by atoms with Gasteiger partial charge in [0, 0.05) is 23.3 Å². The Kier molecular flexibility index (Phi) is 6.50. The van der Waals surface area contributed by atoms with E-state index >= 15 is 0 Å². The van der Waals surface area contributed by atoms with Gasteiger partial charge >= 0.3 is 0 Å². The van der Waals surface area contributed by atoms with Crippen LogP contribution in [0.3, 0.4) is 0 Å². The highest BCUT2D eigenvalue weighted by atomic mass is 35.5. The van der Waals surface area contributed by atoms with Gasteiger partial charge in [-0.05, 0) is 55.8 Å². The van der Waals surface area contributed by atoms with Gasteiger partial charge in [-0.1, -0.05) is 35.9 Å². The Balaban J connectivity index is 1.68. The van der Waals surface area contributed by atoms with Gasteiger partial charge in [0.05, 0.1) is 11.8 Å². The van der Waals surface area contributed by atoms with Crippen molar-refractivity contribution in [3.05, 3.63) is 83.0 Å². The first-order chi connectivity index (χ1) is 13.5. The summed E-state index contributed by atoms with van der Waals surface area (Å²) < 4.78 is 5.81. The number of benzene rings is 2. The Labute approximate surface area is 169 Å². The molecule has 3 aromatic rings. The van der Waals surface area contributed by atoms with Crippen molar-refractivity contribution in [2.75, 3.05) is 5.32 Å². The van der Waals surface area contributed by atoms with E-state index in [-0.39, 0.29) is 12.0 Å². The molecule has 1 aromatic heterocycles. The van der Waals surface area contributed by atoms with E-state index in [1.807, 2.05) is 50.2 Å². The normalized spacial score (nSPS) is 10.6. The predicted molar refractivity (Wildman–Crippen MR) is 112 cm³/mol. The molecule has 3 rings (SSSR count). The number of carbonyl (C=O) groups is 1. The largest absolute Gasteiger partial charge is 0.489 e. The van der Waals surface area contributed by atoms with E-state index in [0.29, 0.717) is 22.9 Å². The van der Waals surface area contributed by atoms with E-state index < -0.39 is 0 Å². The van der Waals surface area contributed by atoms with Crippen LogP contribution in [0.1, 0.15) is 29.8 Å². The molecule has 2 aromatic carbocycles. The number of hydrogen-bond acceptors (Lipinski definition) is 4. The lowest BCUT2D eigenvalue weighted by molar-refractivity contribution is 0.0951. The first-order valence-electron chi connectivity index (χ1n) is 9.02. The van der Waals surface area contributed by atoms with Gasteiger partial charge in [-0.3, -0.25) is 4.79 Å². The Morgan fingerprint density at radius 2 is 1.86 bits per heavy atom. The van der Waals surface area contributed by atoms with Crippen LogP contribution in [0.5, 0.6) is 5.75 Å². The van der Waals surface area contributed by atoms with Crippen LogP contribution >= 0.6 is 11.6 Å². The lowest BCUT2D eigenvalue weighted by Gasteiger charge is -2.15. The molecule has 0 saturated heterocycles. The minimum atomic E-state index is -0.174. The molecule has 0 atom stereocenters. The van der Waals surface area contributed by atoms with Crippen molar-refractivity contribution in [2.45, 2.75) is 26.5 Å². The number of anilines is 2. The molecule has 0 saturated carbocycles. The number of pyridine rings is 1. The SMILES string of the molecule is CC(C)Oc1ccccc1Nc1cc(C(=O)NCc2ccc(Cl)cc2)ccn1. The fraction of sp³-hybridized carbons (Fsp3) is 0.182. The quantitative estimate of drug-likeness (QED) is 0.577. The van der Waals surface area contributed by atoms with Crippen molar-refractivity contribution < 1.29 is 9.53 Å². The second kappa shape index (κ2) is 9.24. The maximum Gasteiger partial charge on any atom is 0.251 e. The summed E-state index contributed by atoms with van der Waals surface area (Å²) in [6.45, 7) is 4.37. The highest BCUT2D eigenvalue weighted by Gasteiger charge is 2.09. The predicted octanol–water partition coefficient (Wildman–Crippen LogP) is 5.20. The Hall–Kier alpha value is -3.05. The summed E-state index contributed by atoms with van der Waals surface area (Å²) in [5.74, 6) is 1.13. The van der Waals surface area contributed by atoms with Crippen molar-refractivity contribution in [3.8, 4) is 5.75 Å². The molecule has 0 aliphatic rings. The van der Waals surface area contributed by atoms with E-state index in [0.717, 1.165) is 17.0 Å². The lowest BCUT2D eigenvalue weighted by Crippen LogP contribution is -2.22. The minimum Gasteiger partial charge on any atom is -0.489 e. The maximum atomic E-state index is 12.5. The summed E-state index contributed by atoms with van der Waals surface area (Å²) in [4.78, 5) is 16.8. The molecule has 0 fully saturated rings. The topological polar surface area (TPSA) is 63.2 Å². The van der Waals surface area contributed by atoms with Crippen molar-refractivity contribution in [1.82, 2.24) is 10.3 Å². The summed E-state index contributed by atoms with van der Waals surface area (Å²) in [6.07, 6.45) is 1.66. The maximum absolute atomic E-state index is 12.5. The van der Waals surface area contributed by atoms with Crippen LogP contribution in [0, 0.1) is 0 Å². The molecule has 0 radical (unpaired) electrons. The van der Waals surface area contributed by atoms with Gasteiger partial charge in [-0.15, -0.1) is 0 Å². The zero-order chi connectivity index (χ0) is 19.9. The fourth-order valence-electron chi connectivity index (χ4n) is 2.59. The van der Waals surface area contributed by atoms with Crippen LogP contribution in [0.25, 0.3) is 0 Å². The number of aromatic nitrogens is 1. The van der Waals surface area contributed by atoms with Gasteiger partial charge in [0.25, 0.3) is 5.91 Å². The molecule has 0 unspecified atom stereocenters. The molecule has 0 bridgehead atoms. The van der Waals surface area contributed by atoms with Gasteiger partial charge in [0.1, 0.15) is 11.6 Å². The molecule has 0 aliphatic heterocycles. The first-order valence-corrected chi connectivity index (χ1v) is 9.40. The van der Waals surface area contributed by atoms with Crippen molar-refractivity contribution in [2.24, 2.45) is 0 Å². The molecule has 1 heterocycles. The van der Waals surface area contributed by atoms with Crippen LogP contribution < -0.4 is 15.4 Å². The minimum absolute atomic E-state index is 0.0564. The van der Waals surface area contributed by atoms with E-state index in [9.17, 15) is 4.79 Å². The van der Waals surface area contributed by atoms with Crippen molar-refractivity contribution in [1.29, 1.82) is 0 Å². The molecule has 0 aliphatic carbocycles. The zero-order valence-electron chi connectivity index (χ0n) is 15.8. The number of halogens is 1. The Morgan fingerprint density at radius 3 is 2.61 bits per heavy atom. The molecule has 144 valence electrons. The number of rotatable bonds is 7. The van der Waals surface area contributed by atoms with Gasteiger partial charge < -0.3 is 15.4 Å². The molecular formula is C22H22ClN3O2. The average Bonchev–Trinajstić information content (AvgIpc) is 2.69. The second-order valence-corrected chi connectivity index (χ2v) is 6.96. The summed E-state index contributed by atoms with van der Waals surface area (Å²) in [6, 6.07) is 18.4. The number of hydrogen-bond donors (Lipinski definition) is 2. The Morgan fingerprint density at radius 1 is 1.11 bits per heavy atom. The number of amides is 1. The summed E-state index contributed by atoms with van der Waals surface area (Å²) in [7, 11) is 0. The van der Waals surface area contributed by atoms with Gasteiger partial charge in [-0.25, -0.2) is 4.98 Å². The molecular weight excluding hydrogens is 374 g/mol. The van der Waals surface area contributed by atoms with Gasteiger partial charge in [-0.2, -0.15) is 0 Å².